The zero-order chi connectivity index (χ0) is 11.1. The molecule has 15 heavy (non-hydrogen) atoms. The van der Waals surface area contributed by atoms with E-state index < -0.39 is 6.09 Å². The van der Waals surface area contributed by atoms with Crippen molar-refractivity contribution in [2.45, 2.75) is 0 Å². The van der Waals surface area contributed by atoms with Crippen molar-refractivity contribution in [1.29, 1.82) is 0 Å². The van der Waals surface area contributed by atoms with Gasteiger partial charge < -0.3 is 4.74 Å². The third-order valence-corrected chi connectivity index (χ3v) is 1.51. The molecule has 0 aromatic heterocycles. The molecular formula is C10H8N2O3. The summed E-state index contributed by atoms with van der Waals surface area (Å²) >= 11 is 0. The maximum atomic E-state index is 11.0. The van der Waals surface area contributed by atoms with Crippen LogP contribution in [-0.2, 0) is 4.74 Å². The average Bonchev–Trinajstić information content (AvgIpc) is 2.27. The van der Waals surface area contributed by atoms with E-state index in [4.69, 9.17) is 6.42 Å². The molecule has 0 saturated carbocycles. The highest BCUT2D eigenvalue weighted by atomic mass is 16.5. The molecule has 0 heterocycles. The van der Waals surface area contributed by atoms with Crippen molar-refractivity contribution in [1.82, 2.24) is 0 Å². The molecule has 0 aliphatic rings. The average molecular weight is 204 g/mol. The van der Waals surface area contributed by atoms with Gasteiger partial charge in [-0.05, 0) is 29.4 Å². The summed E-state index contributed by atoms with van der Waals surface area (Å²) in [5.41, 5.74) is 0.793. The van der Waals surface area contributed by atoms with Crippen molar-refractivity contribution in [2.75, 3.05) is 11.9 Å². The van der Waals surface area contributed by atoms with Crippen molar-refractivity contribution in [2.24, 2.45) is 5.18 Å². The first-order chi connectivity index (χ1) is 7.26. The Morgan fingerprint density at radius 3 is 2.67 bits per heavy atom. The smallest absolute Gasteiger partial charge is 0.412 e. The van der Waals surface area contributed by atoms with Gasteiger partial charge in [0.05, 0.1) is 0 Å². The van der Waals surface area contributed by atoms with E-state index in [2.05, 4.69) is 21.2 Å². The highest BCUT2D eigenvalue weighted by molar-refractivity contribution is 5.84. The second-order valence-electron chi connectivity index (χ2n) is 2.54. The van der Waals surface area contributed by atoms with E-state index in [9.17, 15) is 9.70 Å². The first-order valence-corrected chi connectivity index (χ1v) is 4.07. The number of carbonyl (C=O) groups is 1. The lowest BCUT2D eigenvalue weighted by Crippen LogP contribution is -2.13. The molecule has 1 N–H and O–H groups in total. The summed E-state index contributed by atoms with van der Waals surface area (Å²) in [6.45, 7) is -0.0835. The largest absolute Gasteiger partial charge is 0.436 e. The molecule has 0 aliphatic carbocycles. The van der Waals surface area contributed by atoms with Gasteiger partial charge in [-0.3, -0.25) is 5.32 Å². The molecule has 0 saturated heterocycles. The van der Waals surface area contributed by atoms with Gasteiger partial charge in [0.15, 0.2) is 6.61 Å². The van der Waals surface area contributed by atoms with Gasteiger partial charge in [-0.1, -0.05) is 5.92 Å². The second kappa shape index (κ2) is 5.40. The van der Waals surface area contributed by atoms with Crippen LogP contribution in [0.25, 0.3) is 0 Å². The third-order valence-electron chi connectivity index (χ3n) is 1.51. The predicted octanol–water partition coefficient (Wildman–Crippen LogP) is 2.27. The van der Waals surface area contributed by atoms with Crippen LogP contribution in [0.5, 0.6) is 0 Å². The van der Waals surface area contributed by atoms with Crippen LogP contribution >= 0.6 is 0 Å². The topological polar surface area (TPSA) is 67.8 Å². The minimum Gasteiger partial charge on any atom is -0.436 e. The number of nitrogens with zero attached hydrogens (tertiary/aromatic N) is 1. The molecule has 76 valence electrons. The van der Waals surface area contributed by atoms with Gasteiger partial charge in [0.1, 0.15) is 5.69 Å². The minimum absolute atomic E-state index is 0.0835. The Labute approximate surface area is 86.4 Å². The highest BCUT2D eigenvalue weighted by Crippen LogP contribution is 2.15. The summed E-state index contributed by atoms with van der Waals surface area (Å²) in [7, 11) is 0. The zero-order valence-corrected chi connectivity index (χ0v) is 7.77. The summed E-state index contributed by atoms with van der Waals surface area (Å²) in [6, 6.07) is 6.02. The van der Waals surface area contributed by atoms with Gasteiger partial charge >= 0.3 is 6.09 Å². The molecule has 0 spiro atoms. The zero-order valence-electron chi connectivity index (χ0n) is 7.77. The summed E-state index contributed by atoms with van der Waals surface area (Å²) < 4.78 is 4.58. The molecule has 5 heteroatoms. The fraction of sp³-hybridized carbons (Fsp3) is 0.100. The number of rotatable bonds is 3. The van der Waals surface area contributed by atoms with Crippen molar-refractivity contribution < 1.29 is 9.53 Å². The monoisotopic (exact) mass is 204 g/mol. The number of ether oxygens (including phenoxy) is 1. The van der Waals surface area contributed by atoms with Crippen LogP contribution in [0.1, 0.15) is 0 Å². The molecule has 1 aromatic rings. The van der Waals surface area contributed by atoms with Crippen LogP contribution in [0, 0.1) is 17.3 Å². The van der Waals surface area contributed by atoms with Crippen molar-refractivity contribution in [3.05, 3.63) is 29.2 Å². The molecule has 1 rings (SSSR count). The minimum atomic E-state index is -0.639. The summed E-state index contributed by atoms with van der Waals surface area (Å²) in [5.74, 6) is 2.16. The number of anilines is 1. The normalized spacial score (nSPS) is 8.73. The molecule has 0 radical (unpaired) electrons. The fourth-order valence-corrected chi connectivity index (χ4v) is 0.867. The van der Waals surface area contributed by atoms with Crippen LogP contribution in [0.3, 0.4) is 0 Å². The van der Waals surface area contributed by atoms with Crippen molar-refractivity contribution in [3.8, 4) is 12.3 Å². The molecule has 0 atom stereocenters. The van der Waals surface area contributed by atoms with Gasteiger partial charge in [0, 0.05) is 5.69 Å². The molecule has 0 fully saturated rings. The van der Waals surface area contributed by atoms with E-state index in [1.165, 1.54) is 24.3 Å². The van der Waals surface area contributed by atoms with Crippen LogP contribution in [0.2, 0.25) is 0 Å². The standard InChI is InChI=1S/C10H8N2O3/c1-2-7-15-10(13)11-8-3-5-9(12-14)6-4-8/h1,3-6H,7H2,(H,11,13). The Bertz CT molecular complexity index is 392. The van der Waals surface area contributed by atoms with E-state index in [1.54, 1.807) is 0 Å². The first kappa shape index (κ1) is 10.7. The molecule has 1 amide bonds. The quantitative estimate of drug-likeness (QED) is 0.606. The lowest BCUT2D eigenvalue weighted by Gasteiger charge is -2.03. The van der Waals surface area contributed by atoms with Crippen molar-refractivity contribution >= 4 is 17.5 Å². The van der Waals surface area contributed by atoms with Gasteiger partial charge in [0.25, 0.3) is 0 Å². The Balaban J connectivity index is 2.54. The van der Waals surface area contributed by atoms with E-state index in [0.29, 0.717) is 5.69 Å². The molecular weight excluding hydrogens is 196 g/mol. The van der Waals surface area contributed by atoms with Gasteiger partial charge in [-0.15, -0.1) is 11.3 Å². The molecule has 0 bridgehead atoms. The maximum absolute atomic E-state index is 11.0. The Morgan fingerprint density at radius 1 is 1.47 bits per heavy atom. The number of nitrogens with one attached hydrogen (secondary N) is 1. The highest BCUT2D eigenvalue weighted by Gasteiger charge is 2.01. The van der Waals surface area contributed by atoms with E-state index in [1.807, 2.05) is 0 Å². The second-order valence-corrected chi connectivity index (χ2v) is 2.54. The Morgan fingerprint density at radius 2 is 2.13 bits per heavy atom. The van der Waals surface area contributed by atoms with E-state index in [0.717, 1.165) is 0 Å². The first-order valence-electron chi connectivity index (χ1n) is 4.07. The fourth-order valence-electron chi connectivity index (χ4n) is 0.867. The number of carbonyl (C=O) groups excluding carboxylic acids is 1. The van der Waals surface area contributed by atoms with Gasteiger partial charge in [-0.25, -0.2) is 4.79 Å². The number of amides is 1. The number of terminal acetylenes is 1. The Hall–Kier alpha value is -2.35. The number of hydrogen-bond acceptors (Lipinski definition) is 4. The van der Waals surface area contributed by atoms with E-state index in [-0.39, 0.29) is 12.3 Å². The molecule has 0 unspecified atom stereocenters. The predicted molar refractivity (Wildman–Crippen MR) is 55.7 cm³/mol. The Kier molecular flexibility index (Phi) is 3.86. The van der Waals surface area contributed by atoms with Crippen LogP contribution in [-0.4, -0.2) is 12.7 Å². The lowest BCUT2D eigenvalue weighted by atomic mass is 10.3. The molecule has 1 aromatic carbocycles. The summed E-state index contributed by atoms with van der Waals surface area (Å²) in [4.78, 5) is 21.1. The van der Waals surface area contributed by atoms with Crippen LogP contribution in [0.15, 0.2) is 29.4 Å². The van der Waals surface area contributed by atoms with Crippen molar-refractivity contribution in [3.63, 3.8) is 0 Å². The molecule has 0 aliphatic heterocycles. The van der Waals surface area contributed by atoms with E-state index >= 15 is 0 Å². The molecule has 5 nitrogen and oxygen atoms in total. The number of hydrogen-bond donors (Lipinski definition) is 1. The SMILES string of the molecule is C#CCOC(=O)Nc1ccc(N=O)cc1. The number of nitroso groups, excluding NO2 is 1. The summed E-state index contributed by atoms with van der Waals surface area (Å²) in [6.07, 6.45) is 4.27. The third kappa shape index (κ3) is 3.48. The summed E-state index contributed by atoms with van der Waals surface area (Å²) in [5, 5.41) is 5.15. The van der Waals surface area contributed by atoms with Gasteiger partial charge in [-0.2, -0.15) is 0 Å². The maximum Gasteiger partial charge on any atom is 0.412 e. The van der Waals surface area contributed by atoms with Crippen LogP contribution < -0.4 is 5.32 Å². The number of benzene rings is 1. The van der Waals surface area contributed by atoms with Gasteiger partial charge in [0.2, 0.25) is 0 Å². The lowest BCUT2D eigenvalue weighted by molar-refractivity contribution is 0.176. The van der Waals surface area contributed by atoms with Crippen LogP contribution in [0.4, 0.5) is 16.2 Å².